The summed E-state index contributed by atoms with van der Waals surface area (Å²) in [5.41, 5.74) is -0.345. The Morgan fingerprint density at radius 2 is 2.06 bits per heavy atom. The molecule has 0 radical (unpaired) electrons. The van der Waals surface area contributed by atoms with Gasteiger partial charge in [0.25, 0.3) is 0 Å². The summed E-state index contributed by atoms with van der Waals surface area (Å²) in [6.45, 7) is 10.6. The molecule has 16 heavy (non-hydrogen) atoms. The van der Waals surface area contributed by atoms with Gasteiger partial charge in [0.05, 0.1) is 11.7 Å². The fraction of sp³-hybridized carbons (Fsp3) is 0.923. The van der Waals surface area contributed by atoms with E-state index in [0.717, 1.165) is 6.42 Å². The van der Waals surface area contributed by atoms with Crippen LogP contribution in [-0.2, 0) is 4.79 Å². The lowest BCUT2D eigenvalue weighted by Crippen LogP contribution is -2.52. The van der Waals surface area contributed by atoms with Crippen LogP contribution in [0.15, 0.2) is 0 Å². The maximum absolute atomic E-state index is 12.5. The summed E-state index contributed by atoms with van der Waals surface area (Å²) in [6.07, 6.45) is 3.56. The highest BCUT2D eigenvalue weighted by atomic mass is 16.2. The maximum Gasteiger partial charge on any atom is 0.244 e. The minimum atomic E-state index is -0.356. The van der Waals surface area contributed by atoms with E-state index in [1.807, 2.05) is 6.92 Å². The van der Waals surface area contributed by atoms with Crippen molar-refractivity contribution in [2.24, 2.45) is 5.92 Å². The van der Waals surface area contributed by atoms with Crippen molar-refractivity contribution in [2.45, 2.75) is 71.1 Å². The van der Waals surface area contributed by atoms with Crippen LogP contribution in [0, 0.1) is 5.92 Å². The number of nitrogens with zero attached hydrogens (tertiary/aromatic N) is 1. The predicted octanol–water partition coefficient (Wildman–Crippen LogP) is 2.12. The molecule has 0 aromatic carbocycles. The van der Waals surface area contributed by atoms with Gasteiger partial charge in [-0.3, -0.25) is 10.1 Å². The molecule has 1 saturated carbocycles. The van der Waals surface area contributed by atoms with Crippen LogP contribution in [-0.4, -0.2) is 28.1 Å². The summed E-state index contributed by atoms with van der Waals surface area (Å²) < 4.78 is 0. The first-order valence-electron chi connectivity index (χ1n) is 6.44. The number of rotatable bonds is 3. The smallest absolute Gasteiger partial charge is 0.244 e. The minimum Gasteiger partial charge on any atom is -0.320 e. The van der Waals surface area contributed by atoms with Crippen molar-refractivity contribution in [3.05, 3.63) is 0 Å². The van der Waals surface area contributed by atoms with Gasteiger partial charge in [-0.15, -0.1) is 0 Å². The Morgan fingerprint density at radius 3 is 2.44 bits per heavy atom. The zero-order valence-corrected chi connectivity index (χ0v) is 11.1. The number of hydrogen-bond acceptors (Lipinski definition) is 2. The third-order valence-electron chi connectivity index (χ3n) is 4.51. The average Bonchev–Trinajstić information content (AvgIpc) is 2.97. The Hall–Kier alpha value is -0.570. The second kappa shape index (κ2) is 3.46. The van der Waals surface area contributed by atoms with Crippen LogP contribution in [0.2, 0.25) is 0 Å². The Balaban J connectivity index is 2.25. The molecule has 2 unspecified atom stereocenters. The highest BCUT2D eigenvalue weighted by molar-refractivity contribution is 5.89. The second-order valence-corrected chi connectivity index (χ2v) is 6.11. The fourth-order valence-electron chi connectivity index (χ4n) is 3.03. The van der Waals surface area contributed by atoms with Crippen LogP contribution < -0.4 is 5.32 Å². The number of amides is 1. The molecule has 92 valence electrons. The van der Waals surface area contributed by atoms with E-state index in [4.69, 9.17) is 0 Å². The van der Waals surface area contributed by atoms with Gasteiger partial charge in [0.1, 0.15) is 0 Å². The second-order valence-electron chi connectivity index (χ2n) is 6.11. The number of carbonyl (C=O) groups is 1. The van der Waals surface area contributed by atoms with Crippen molar-refractivity contribution in [2.75, 3.05) is 0 Å². The first-order chi connectivity index (χ1) is 7.33. The third kappa shape index (κ3) is 1.56. The molecular weight excluding hydrogens is 200 g/mol. The van der Waals surface area contributed by atoms with Gasteiger partial charge in [-0.25, -0.2) is 0 Å². The lowest BCUT2D eigenvalue weighted by atomic mass is 9.93. The van der Waals surface area contributed by atoms with Crippen LogP contribution >= 0.6 is 0 Å². The van der Waals surface area contributed by atoms with Gasteiger partial charge in [0, 0.05) is 5.54 Å². The van der Waals surface area contributed by atoms with Gasteiger partial charge in [-0.05, 0) is 52.9 Å². The SMILES string of the molecule is CCC1(C)NC(C)N(C(C)(C)C2CC2)C1=O. The fourth-order valence-corrected chi connectivity index (χ4v) is 3.03. The molecule has 2 fully saturated rings. The molecule has 3 nitrogen and oxygen atoms in total. The summed E-state index contributed by atoms with van der Waals surface area (Å²) in [4.78, 5) is 14.6. The minimum absolute atomic E-state index is 0.0103. The third-order valence-corrected chi connectivity index (χ3v) is 4.51. The normalized spacial score (nSPS) is 35.9. The van der Waals surface area contributed by atoms with Gasteiger partial charge in [0.2, 0.25) is 5.91 Å². The molecular formula is C13H24N2O. The molecule has 1 aliphatic carbocycles. The van der Waals surface area contributed by atoms with E-state index < -0.39 is 0 Å². The van der Waals surface area contributed by atoms with Gasteiger partial charge in [-0.1, -0.05) is 6.92 Å². The summed E-state index contributed by atoms with van der Waals surface area (Å²) in [6, 6.07) is 0. The first-order valence-corrected chi connectivity index (χ1v) is 6.44. The monoisotopic (exact) mass is 224 g/mol. The van der Waals surface area contributed by atoms with E-state index in [1.165, 1.54) is 12.8 Å². The number of nitrogens with one attached hydrogen (secondary N) is 1. The zero-order valence-electron chi connectivity index (χ0n) is 11.1. The average molecular weight is 224 g/mol. The van der Waals surface area contributed by atoms with Crippen LogP contribution in [0.25, 0.3) is 0 Å². The lowest BCUT2D eigenvalue weighted by molar-refractivity contribution is -0.138. The molecule has 1 aliphatic heterocycles. The van der Waals surface area contributed by atoms with Gasteiger partial charge >= 0.3 is 0 Å². The van der Waals surface area contributed by atoms with E-state index in [2.05, 4.69) is 37.9 Å². The number of carbonyl (C=O) groups excluding carboxylic acids is 1. The topological polar surface area (TPSA) is 32.3 Å². The molecule has 0 aromatic heterocycles. The summed E-state index contributed by atoms with van der Waals surface area (Å²) in [5, 5.41) is 3.44. The van der Waals surface area contributed by atoms with Gasteiger partial charge in [-0.2, -0.15) is 0 Å². The van der Waals surface area contributed by atoms with Crippen LogP contribution in [0.1, 0.15) is 53.9 Å². The summed E-state index contributed by atoms with van der Waals surface area (Å²) >= 11 is 0. The molecule has 2 atom stereocenters. The summed E-state index contributed by atoms with van der Waals surface area (Å²) in [7, 11) is 0. The first kappa shape index (κ1) is 11.9. The van der Waals surface area contributed by atoms with Crippen molar-refractivity contribution < 1.29 is 4.79 Å². The molecule has 1 heterocycles. The Morgan fingerprint density at radius 1 is 1.50 bits per heavy atom. The molecule has 2 aliphatic rings. The highest BCUT2D eigenvalue weighted by Crippen LogP contribution is 2.45. The molecule has 1 amide bonds. The highest BCUT2D eigenvalue weighted by Gasteiger charge is 2.54. The van der Waals surface area contributed by atoms with E-state index in [-0.39, 0.29) is 23.2 Å². The van der Waals surface area contributed by atoms with Gasteiger partial charge in [0.15, 0.2) is 0 Å². The van der Waals surface area contributed by atoms with Crippen LogP contribution in [0.4, 0.5) is 0 Å². The van der Waals surface area contributed by atoms with E-state index in [1.54, 1.807) is 0 Å². The molecule has 1 N–H and O–H groups in total. The Kier molecular flexibility index (Phi) is 2.57. The van der Waals surface area contributed by atoms with Gasteiger partial charge < -0.3 is 4.90 Å². The van der Waals surface area contributed by atoms with Crippen molar-refractivity contribution in [3.8, 4) is 0 Å². The van der Waals surface area contributed by atoms with Crippen molar-refractivity contribution in [3.63, 3.8) is 0 Å². The predicted molar refractivity (Wildman–Crippen MR) is 64.9 cm³/mol. The molecule has 2 rings (SSSR count). The molecule has 0 spiro atoms. The zero-order chi connectivity index (χ0) is 12.1. The van der Waals surface area contributed by atoms with Crippen molar-refractivity contribution >= 4 is 5.91 Å². The Labute approximate surface area is 98.6 Å². The van der Waals surface area contributed by atoms with Crippen LogP contribution in [0.5, 0.6) is 0 Å². The standard InChI is InChI=1S/C13H24N2O/c1-6-13(5)11(16)15(9(2)14-13)12(3,4)10-7-8-10/h9-10,14H,6-8H2,1-5H3. The molecule has 0 aromatic rings. The summed E-state index contributed by atoms with van der Waals surface area (Å²) in [5.74, 6) is 0.972. The van der Waals surface area contributed by atoms with Crippen molar-refractivity contribution in [1.29, 1.82) is 0 Å². The van der Waals surface area contributed by atoms with E-state index in [9.17, 15) is 4.79 Å². The van der Waals surface area contributed by atoms with Crippen molar-refractivity contribution in [1.82, 2.24) is 10.2 Å². The molecule has 3 heteroatoms. The quantitative estimate of drug-likeness (QED) is 0.796. The lowest BCUT2D eigenvalue weighted by Gasteiger charge is -2.39. The molecule has 1 saturated heterocycles. The number of hydrogen-bond donors (Lipinski definition) is 1. The van der Waals surface area contributed by atoms with E-state index in [0.29, 0.717) is 5.92 Å². The van der Waals surface area contributed by atoms with Crippen LogP contribution in [0.3, 0.4) is 0 Å². The van der Waals surface area contributed by atoms with E-state index >= 15 is 0 Å². The maximum atomic E-state index is 12.5. The molecule has 0 bridgehead atoms. The largest absolute Gasteiger partial charge is 0.320 e. The Bertz CT molecular complexity index is 309.